The lowest BCUT2D eigenvalue weighted by Crippen LogP contribution is -2.08. The highest BCUT2D eigenvalue weighted by atomic mass is 16.5. The number of hydrogen-bond acceptors (Lipinski definition) is 5. The maximum Gasteiger partial charge on any atom is 0.310 e. The van der Waals surface area contributed by atoms with Crippen molar-refractivity contribution in [1.29, 1.82) is 0 Å². The summed E-state index contributed by atoms with van der Waals surface area (Å²) < 4.78 is 21.6. The summed E-state index contributed by atoms with van der Waals surface area (Å²) in [6.07, 6.45) is 0.152. The molecule has 5 nitrogen and oxygen atoms in total. The summed E-state index contributed by atoms with van der Waals surface area (Å²) >= 11 is 0. The van der Waals surface area contributed by atoms with E-state index in [2.05, 4.69) is 0 Å². The molecule has 0 radical (unpaired) electrons. The molecule has 0 saturated carbocycles. The van der Waals surface area contributed by atoms with Gasteiger partial charge in [-0.25, -0.2) is 0 Å². The normalized spacial score (nSPS) is 10.7. The Morgan fingerprint density at radius 1 is 1.04 bits per heavy atom. The lowest BCUT2D eigenvalue weighted by atomic mass is 10.1. The van der Waals surface area contributed by atoms with Gasteiger partial charge >= 0.3 is 5.97 Å². The summed E-state index contributed by atoms with van der Waals surface area (Å²) in [5, 5.41) is 1.04. The zero-order valence-electron chi connectivity index (χ0n) is 14.5. The largest absolute Gasteiger partial charge is 0.493 e. The van der Waals surface area contributed by atoms with E-state index in [1.807, 2.05) is 37.3 Å². The molecule has 2 aromatic carbocycles. The first kappa shape index (κ1) is 16.9. The van der Waals surface area contributed by atoms with Crippen molar-refractivity contribution >= 4 is 16.9 Å². The molecule has 130 valence electrons. The molecule has 0 N–H and O–H groups in total. The summed E-state index contributed by atoms with van der Waals surface area (Å²) in [7, 11) is 3.13. The second-order valence-corrected chi connectivity index (χ2v) is 5.67. The number of para-hydroxylation sites is 1. The number of carbonyl (C=O) groups is 1. The number of methoxy groups -OCH3 is 2. The van der Waals surface area contributed by atoms with Gasteiger partial charge in [0, 0.05) is 10.9 Å². The number of fused-ring (bicyclic) bond motifs is 1. The first-order valence-corrected chi connectivity index (χ1v) is 7.96. The summed E-state index contributed by atoms with van der Waals surface area (Å²) in [5.74, 6) is 1.55. The van der Waals surface area contributed by atoms with Gasteiger partial charge < -0.3 is 18.6 Å². The smallest absolute Gasteiger partial charge is 0.310 e. The Hall–Kier alpha value is -2.95. The highest BCUT2D eigenvalue weighted by molar-refractivity contribution is 5.82. The molecule has 5 heteroatoms. The standard InChI is InChI=1S/C20H20O5/c1-13-15-6-4-5-7-16(15)25-19(13)12-24-20(21)11-14-8-9-17(22-2)18(10-14)23-3/h4-10H,11-12H2,1-3H3. The van der Waals surface area contributed by atoms with E-state index in [0.717, 1.165) is 22.1 Å². The van der Waals surface area contributed by atoms with Crippen molar-refractivity contribution in [1.82, 2.24) is 0 Å². The van der Waals surface area contributed by atoms with Crippen LogP contribution in [0.25, 0.3) is 11.0 Å². The average molecular weight is 340 g/mol. The Balaban J connectivity index is 1.65. The molecule has 25 heavy (non-hydrogen) atoms. The summed E-state index contributed by atoms with van der Waals surface area (Å²) in [4.78, 5) is 12.1. The molecule has 0 spiro atoms. The van der Waals surface area contributed by atoms with Crippen LogP contribution in [0.3, 0.4) is 0 Å². The molecule has 0 aliphatic heterocycles. The van der Waals surface area contributed by atoms with Crippen LogP contribution in [0.1, 0.15) is 16.9 Å². The Bertz CT molecular complexity index is 894. The summed E-state index contributed by atoms with van der Waals surface area (Å²) in [6.45, 7) is 2.08. The summed E-state index contributed by atoms with van der Waals surface area (Å²) in [5.41, 5.74) is 2.59. The maximum absolute atomic E-state index is 12.1. The van der Waals surface area contributed by atoms with Crippen molar-refractivity contribution in [3.63, 3.8) is 0 Å². The van der Waals surface area contributed by atoms with E-state index in [0.29, 0.717) is 17.3 Å². The quantitative estimate of drug-likeness (QED) is 0.634. The van der Waals surface area contributed by atoms with E-state index in [9.17, 15) is 4.79 Å². The minimum atomic E-state index is -0.327. The lowest BCUT2D eigenvalue weighted by Gasteiger charge is -2.09. The molecule has 1 heterocycles. The van der Waals surface area contributed by atoms with E-state index in [-0.39, 0.29) is 19.0 Å². The number of benzene rings is 2. The third-order valence-corrected chi connectivity index (χ3v) is 4.10. The van der Waals surface area contributed by atoms with E-state index >= 15 is 0 Å². The number of aryl methyl sites for hydroxylation is 1. The molecule has 0 atom stereocenters. The van der Waals surface area contributed by atoms with Crippen molar-refractivity contribution < 1.29 is 23.4 Å². The second-order valence-electron chi connectivity index (χ2n) is 5.67. The van der Waals surface area contributed by atoms with Crippen LogP contribution < -0.4 is 9.47 Å². The van der Waals surface area contributed by atoms with Crippen molar-refractivity contribution in [3.05, 3.63) is 59.4 Å². The van der Waals surface area contributed by atoms with Gasteiger partial charge in [-0.2, -0.15) is 0 Å². The molecule has 3 rings (SSSR count). The van der Waals surface area contributed by atoms with Gasteiger partial charge in [0.1, 0.15) is 18.0 Å². The molecule has 1 aromatic heterocycles. The van der Waals surface area contributed by atoms with E-state index in [1.165, 1.54) is 0 Å². The summed E-state index contributed by atoms with van der Waals surface area (Å²) in [6, 6.07) is 13.1. The second kappa shape index (κ2) is 7.30. The van der Waals surface area contributed by atoms with Crippen LogP contribution in [0.5, 0.6) is 11.5 Å². The Kier molecular flexibility index (Phi) is 4.93. The predicted molar refractivity (Wildman–Crippen MR) is 94.0 cm³/mol. The predicted octanol–water partition coefficient (Wildman–Crippen LogP) is 4.04. The van der Waals surface area contributed by atoms with Crippen LogP contribution in [0.2, 0.25) is 0 Å². The van der Waals surface area contributed by atoms with Crippen molar-refractivity contribution in [2.75, 3.05) is 14.2 Å². The van der Waals surface area contributed by atoms with Crippen LogP contribution in [0, 0.1) is 6.92 Å². The van der Waals surface area contributed by atoms with Gasteiger partial charge in [0.15, 0.2) is 11.5 Å². The van der Waals surface area contributed by atoms with Crippen LogP contribution in [-0.4, -0.2) is 20.2 Å². The fourth-order valence-corrected chi connectivity index (χ4v) is 2.72. The molecular formula is C20H20O5. The van der Waals surface area contributed by atoms with Crippen LogP contribution in [0.15, 0.2) is 46.9 Å². The Morgan fingerprint density at radius 3 is 2.52 bits per heavy atom. The average Bonchev–Trinajstić information content (AvgIpc) is 2.96. The van der Waals surface area contributed by atoms with Gasteiger partial charge in [-0.1, -0.05) is 24.3 Å². The number of carbonyl (C=O) groups excluding carboxylic acids is 1. The van der Waals surface area contributed by atoms with Crippen LogP contribution in [-0.2, 0) is 22.6 Å². The van der Waals surface area contributed by atoms with Gasteiger partial charge in [0.2, 0.25) is 0 Å². The SMILES string of the molecule is COc1ccc(CC(=O)OCc2oc3ccccc3c2C)cc1OC. The molecule has 0 unspecified atom stereocenters. The van der Waals surface area contributed by atoms with Crippen LogP contribution >= 0.6 is 0 Å². The molecule has 0 bridgehead atoms. The first-order chi connectivity index (χ1) is 12.1. The molecule has 0 fully saturated rings. The third kappa shape index (κ3) is 3.60. The number of rotatable bonds is 6. The molecule has 0 aliphatic rings. The minimum Gasteiger partial charge on any atom is -0.493 e. The van der Waals surface area contributed by atoms with Crippen molar-refractivity contribution in [2.45, 2.75) is 20.0 Å². The number of esters is 1. The monoisotopic (exact) mass is 340 g/mol. The first-order valence-electron chi connectivity index (χ1n) is 7.96. The van der Waals surface area contributed by atoms with Gasteiger partial charge in [0.25, 0.3) is 0 Å². The topological polar surface area (TPSA) is 57.9 Å². The zero-order chi connectivity index (χ0) is 17.8. The molecule has 0 amide bonds. The van der Waals surface area contributed by atoms with Gasteiger partial charge in [-0.3, -0.25) is 4.79 Å². The van der Waals surface area contributed by atoms with E-state index in [1.54, 1.807) is 26.4 Å². The van der Waals surface area contributed by atoms with Gasteiger partial charge in [0.05, 0.1) is 20.6 Å². The minimum absolute atomic E-state index is 0.118. The fourth-order valence-electron chi connectivity index (χ4n) is 2.72. The Labute approximate surface area is 146 Å². The Morgan fingerprint density at radius 2 is 1.80 bits per heavy atom. The molecule has 0 saturated heterocycles. The maximum atomic E-state index is 12.1. The molecule has 3 aromatic rings. The fraction of sp³-hybridized carbons (Fsp3) is 0.250. The van der Waals surface area contributed by atoms with Gasteiger partial charge in [-0.15, -0.1) is 0 Å². The molecular weight excluding hydrogens is 320 g/mol. The highest BCUT2D eigenvalue weighted by Gasteiger charge is 2.13. The van der Waals surface area contributed by atoms with E-state index in [4.69, 9.17) is 18.6 Å². The number of furan rings is 1. The third-order valence-electron chi connectivity index (χ3n) is 4.10. The van der Waals surface area contributed by atoms with Crippen molar-refractivity contribution in [2.24, 2.45) is 0 Å². The zero-order valence-corrected chi connectivity index (χ0v) is 14.5. The van der Waals surface area contributed by atoms with Crippen LogP contribution in [0.4, 0.5) is 0 Å². The number of ether oxygens (including phenoxy) is 3. The van der Waals surface area contributed by atoms with E-state index < -0.39 is 0 Å². The highest BCUT2D eigenvalue weighted by Crippen LogP contribution is 2.28. The number of hydrogen-bond donors (Lipinski definition) is 0. The lowest BCUT2D eigenvalue weighted by molar-refractivity contribution is -0.144. The van der Waals surface area contributed by atoms with Gasteiger partial charge in [-0.05, 0) is 30.7 Å². The molecule has 0 aliphatic carbocycles. The van der Waals surface area contributed by atoms with Crippen molar-refractivity contribution in [3.8, 4) is 11.5 Å².